The van der Waals surface area contributed by atoms with Crippen LogP contribution in [0.5, 0.6) is 0 Å². The second kappa shape index (κ2) is 13.2. The van der Waals surface area contributed by atoms with Crippen LogP contribution in [0.15, 0.2) is 59.6 Å². The molecule has 2 aromatic rings. The quantitative estimate of drug-likeness (QED) is 0.232. The van der Waals surface area contributed by atoms with Crippen molar-refractivity contribution in [1.82, 2.24) is 15.0 Å². The maximum Gasteiger partial charge on any atom is 0.129 e. The molecule has 2 rings (SSSR count). The zero-order valence-electron chi connectivity index (χ0n) is 19.2. The van der Waals surface area contributed by atoms with Crippen LogP contribution in [0.1, 0.15) is 70.8 Å². The summed E-state index contributed by atoms with van der Waals surface area (Å²) >= 11 is 1.93. The molecule has 0 saturated heterocycles. The number of nitrogens with zero attached hydrogens (tertiary/aromatic N) is 1. The molecule has 0 fully saturated rings. The lowest BCUT2D eigenvalue weighted by molar-refractivity contribution is 0.817. The highest BCUT2D eigenvalue weighted by Gasteiger charge is 2.14. The second-order valence-electron chi connectivity index (χ2n) is 8.26. The van der Waals surface area contributed by atoms with Crippen molar-refractivity contribution in [3.05, 3.63) is 71.0 Å². The van der Waals surface area contributed by atoms with Gasteiger partial charge in [-0.2, -0.15) is 11.8 Å². The highest BCUT2D eigenvalue weighted by molar-refractivity contribution is 7.99. The summed E-state index contributed by atoms with van der Waals surface area (Å²) in [6.07, 6.45) is 17.4. The maximum absolute atomic E-state index is 4.45. The van der Waals surface area contributed by atoms with Crippen molar-refractivity contribution in [3.63, 3.8) is 0 Å². The third-order valence-corrected chi connectivity index (χ3v) is 5.93. The zero-order chi connectivity index (χ0) is 21.8. The summed E-state index contributed by atoms with van der Waals surface area (Å²) in [6, 6.07) is 2.28. The number of aryl methyl sites for hydroxylation is 1. The Morgan fingerprint density at radius 2 is 1.80 bits per heavy atom. The largest absolute Gasteiger partial charge is 0.361 e. The number of hydrogen-bond donors (Lipinski definition) is 3. The predicted molar refractivity (Wildman–Crippen MR) is 133 cm³/mol. The van der Waals surface area contributed by atoms with Crippen LogP contribution in [0, 0.1) is 6.92 Å². The molecule has 0 amide bonds. The topological polar surface area (TPSA) is 56.5 Å². The average Bonchev–Trinajstić information content (AvgIpc) is 3.35. The standard InChI is InChI=1S/C25H38N4S/c1-19(2)8-6-9-20(3)10-7-11-21(4)12-15-30-18-23(25-26-13-14-27-25)29-24-16-22(5)17-28-24/h8,10,12-14,16-17,23,28-29H,6-7,9,11,15,18H2,1-5H3,(H,26,27)/b20-10+,21-12+. The van der Waals surface area contributed by atoms with Crippen molar-refractivity contribution in [2.75, 3.05) is 16.8 Å². The monoisotopic (exact) mass is 426 g/mol. The molecule has 0 saturated carbocycles. The maximum atomic E-state index is 4.45. The molecule has 1 unspecified atom stereocenters. The van der Waals surface area contributed by atoms with Crippen molar-refractivity contribution >= 4 is 17.6 Å². The normalized spacial score (nSPS) is 13.4. The van der Waals surface area contributed by atoms with Crippen LogP contribution in [-0.4, -0.2) is 26.5 Å². The smallest absolute Gasteiger partial charge is 0.129 e. The van der Waals surface area contributed by atoms with Gasteiger partial charge in [-0.25, -0.2) is 4.98 Å². The number of hydrogen-bond acceptors (Lipinski definition) is 3. The molecule has 2 aromatic heterocycles. The van der Waals surface area contributed by atoms with E-state index in [0.29, 0.717) is 0 Å². The molecule has 0 aliphatic carbocycles. The van der Waals surface area contributed by atoms with Crippen LogP contribution in [0.4, 0.5) is 5.82 Å². The van der Waals surface area contributed by atoms with Crippen molar-refractivity contribution in [2.45, 2.75) is 66.3 Å². The van der Waals surface area contributed by atoms with Gasteiger partial charge in [0.2, 0.25) is 0 Å². The molecule has 164 valence electrons. The highest BCUT2D eigenvalue weighted by atomic mass is 32.2. The summed E-state index contributed by atoms with van der Waals surface area (Å²) in [6.45, 7) is 10.9. The Morgan fingerprint density at radius 1 is 1.07 bits per heavy atom. The summed E-state index contributed by atoms with van der Waals surface area (Å²) < 4.78 is 0. The van der Waals surface area contributed by atoms with Crippen LogP contribution >= 0.6 is 11.8 Å². The molecule has 5 heteroatoms. The van der Waals surface area contributed by atoms with E-state index in [4.69, 9.17) is 0 Å². The van der Waals surface area contributed by atoms with Gasteiger partial charge in [-0.1, -0.05) is 34.9 Å². The molecule has 1 atom stereocenters. The number of H-pyrrole nitrogens is 2. The predicted octanol–water partition coefficient (Wildman–Crippen LogP) is 7.35. The number of allylic oxidation sites excluding steroid dienone is 5. The molecule has 3 N–H and O–H groups in total. The minimum atomic E-state index is 0.156. The van der Waals surface area contributed by atoms with Crippen LogP contribution in [-0.2, 0) is 0 Å². The fourth-order valence-electron chi connectivity index (χ4n) is 3.16. The van der Waals surface area contributed by atoms with Gasteiger partial charge in [-0.15, -0.1) is 0 Å². The lowest BCUT2D eigenvalue weighted by Crippen LogP contribution is -2.15. The first-order chi connectivity index (χ1) is 14.4. The van der Waals surface area contributed by atoms with Gasteiger partial charge < -0.3 is 15.3 Å². The van der Waals surface area contributed by atoms with Gasteiger partial charge >= 0.3 is 0 Å². The molecule has 0 bridgehead atoms. The van der Waals surface area contributed by atoms with E-state index in [2.05, 4.69) is 79.2 Å². The third-order valence-electron chi connectivity index (χ3n) is 4.96. The number of nitrogens with one attached hydrogen (secondary N) is 3. The molecular formula is C25H38N4S. The van der Waals surface area contributed by atoms with Gasteiger partial charge in [-0.05, 0) is 71.9 Å². The van der Waals surface area contributed by atoms with Crippen LogP contribution < -0.4 is 5.32 Å². The first kappa shape index (κ1) is 24.1. The Kier molecular flexibility index (Phi) is 10.6. The number of aromatic amines is 2. The Hall–Kier alpha value is -2.14. The summed E-state index contributed by atoms with van der Waals surface area (Å²) in [5.41, 5.74) is 5.61. The van der Waals surface area contributed by atoms with Crippen molar-refractivity contribution in [1.29, 1.82) is 0 Å². The first-order valence-corrected chi connectivity index (χ1v) is 12.0. The average molecular weight is 427 g/mol. The number of aromatic nitrogens is 3. The van der Waals surface area contributed by atoms with E-state index in [9.17, 15) is 0 Å². The molecular weight excluding hydrogens is 388 g/mol. The fourth-order valence-corrected chi connectivity index (χ4v) is 4.17. The Bertz CT molecular complexity index is 823. The van der Waals surface area contributed by atoms with Gasteiger partial charge in [0.05, 0.1) is 6.04 Å². The van der Waals surface area contributed by atoms with E-state index < -0.39 is 0 Å². The minimum absolute atomic E-state index is 0.156. The van der Waals surface area contributed by atoms with Crippen LogP contribution in [0.3, 0.4) is 0 Å². The van der Waals surface area contributed by atoms with Gasteiger partial charge in [0.15, 0.2) is 0 Å². The minimum Gasteiger partial charge on any atom is -0.361 e. The van der Waals surface area contributed by atoms with Gasteiger partial charge in [-0.3, -0.25) is 0 Å². The zero-order valence-corrected chi connectivity index (χ0v) is 20.0. The lowest BCUT2D eigenvalue weighted by atomic mass is 10.1. The fraction of sp³-hybridized carbons (Fsp3) is 0.480. The molecule has 0 aliphatic rings. The first-order valence-electron chi connectivity index (χ1n) is 10.9. The molecule has 4 nitrogen and oxygen atoms in total. The molecule has 0 aliphatic heterocycles. The molecule has 0 aromatic carbocycles. The summed E-state index contributed by atoms with van der Waals surface area (Å²) in [5.74, 6) is 3.99. The number of thioether (sulfide) groups is 1. The van der Waals surface area contributed by atoms with Crippen molar-refractivity contribution in [3.8, 4) is 0 Å². The molecule has 0 spiro atoms. The SMILES string of the molecule is CC(C)=CCC/C(C)=C/CC/C(C)=C/CSCC(Nc1cc(C)c[nH]1)c1ncc[nH]1. The van der Waals surface area contributed by atoms with E-state index >= 15 is 0 Å². The van der Waals surface area contributed by atoms with E-state index in [1.165, 1.54) is 28.7 Å². The highest BCUT2D eigenvalue weighted by Crippen LogP contribution is 2.22. The van der Waals surface area contributed by atoms with Gasteiger partial charge in [0.25, 0.3) is 0 Å². The summed E-state index contributed by atoms with van der Waals surface area (Å²) in [7, 11) is 0. The Morgan fingerprint density at radius 3 is 2.43 bits per heavy atom. The second-order valence-corrected chi connectivity index (χ2v) is 9.33. The van der Waals surface area contributed by atoms with E-state index in [-0.39, 0.29) is 6.04 Å². The number of imidazole rings is 1. The van der Waals surface area contributed by atoms with Crippen molar-refractivity contribution < 1.29 is 0 Å². The summed E-state index contributed by atoms with van der Waals surface area (Å²) in [4.78, 5) is 11.0. The van der Waals surface area contributed by atoms with E-state index in [0.717, 1.165) is 42.4 Å². The van der Waals surface area contributed by atoms with Crippen LogP contribution in [0.25, 0.3) is 0 Å². The lowest BCUT2D eigenvalue weighted by Gasteiger charge is -2.16. The van der Waals surface area contributed by atoms with Crippen LogP contribution in [0.2, 0.25) is 0 Å². The summed E-state index contributed by atoms with van der Waals surface area (Å²) in [5, 5.41) is 3.56. The number of anilines is 1. The number of rotatable bonds is 13. The Labute approximate surface area is 186 Å². The van der Waals surface area contributed by atoms with Crippen molar-refractivity contribution in [2.24, 2.45) is 0 Å². The molecule has 2 heterocycles. The molecule has 0 radical (unpaired) electrons. The Balaban J connectivity index is 1.73. The van der Waals surface area contributed by atoms with Gasteiger partial charge in [0.1, 0.15) is 11.6 Å². The van der Waals surface area contributed by atoms with Gasteiger partial charge in [0, 0.05) is 30.1 Å². The molecule has 30 heavy (non-hydrogen) atoms. The third kappa shape index (κ3) is 9.57. The van der Waals surface area contributed by atoms with E-state index in [1.54, 1.807) is 0 Å². The van der Waals surface area contributed by atoms with E-state index in [1.807, 2.05) is 30.4 Å².